The Bertz CT molecular complexity index is 899. The minimum Gasteiger partial charge on any atom is -0.454 e. The van der Waals surface area contributed by atoms with Crippen LogP contribution in [0.25, 0.3) is 22.4 Å². The molecule has 1 aliphatic rings. The fraction of sp³-hybridized carbons (Fsp3) is 0.278. The van der Waals surface area contributed by atoms with Gasteiger partial charge < -0.3 is 19.1 Å². The highest BCUT2D eigenvalue weighted by Gasteiger charge is 2.18. The van der Waals surface area contributed by atoms with Gasteiger partial charge in [0.1, 0.15) is 5.82 Å². The molecule has 1 aromatic heterocycles. The molecule has 3 aromatic rings. The smallest absolute Gasteiger partial charge is 0.231 e. The van der Waals surface area contributed by atoms with Crippen LogP contribution in [0.5, 0.6) is 11.5 Å². The second-order valence-electron chi connectivity index (χ2n) is 5.80. The van der Waals surface area contributed by atoms with Crippen LogP contribution in [0.3, 0.4) is 0 Å². The fourth-order valence-corrected chi connectivity index (χ4v) is 2.96. The summed E-state index contributed by atoms with van der Waals surface area (Å²) in [6, 6.07) is 10.0. The van der Waals surface area contributed by atoms with Crippen molar-refractivity contribution in [1.82, 2.24) is 9.55 Å². The third-order valence-electron chi connectivity index (χ3n) is 4.32. The standard InChI is InChI=1S/C18H18N2O3/c1-11-7-14-15(8-12(11)2)20(5-6-21)18(19-14)13-3-4-16-17(9-13)23-10-22-16/h3-4,7-9,21H,5-6,10H2,1-2H3. The zero-order valence-corrected chi connectivity index (χ0v) is 13.2. The minimum absolute atomic E-state index is 0.0654. The topological polar surface area (TPSA) is 56.5 Å². The lowest BCUT2D eigenvalue weighted by Gasteiger charge is -2.09. The van der Waals surface area contributed by atoms with Crippen LogP contribution in [0.15, 0.2) is 30.3 Å². The lowest BCUT2D eigenvalue weighted by molar-refractivity contribution is 0.174. The van der Waals surface area contributed by atoms with E-state index in [4.69, 9.17) is 14.5 Å². The first-order chi connectivity index (χ1) is 11.2. The number of nitrogens with zero attached hydrogens (tertiary/aromatic N) is 2. The van der Waals surface area contributed by atoms with E-state index in [2.05, 4.69) is 30.5 Å². The molecule has 0 fully saturated rings. The van der Waals surface area contributed by atoms with Gasteiger partial charge in [0, 0.05) is 12.1 Å². The van der Waals surface area contributed by atoms with Crippen molar-refractivity contribution in [2.24, 2.45) is 0 Å². The van der Waals surface area contributed by atoms with Gasteiger partial charge in [0.15, 0.2) is 11.5 Å². The summed E-state index contributed by atoms with van der Waals surface area (Å²) in [4.78, 5) is 4.78. The van der Waals surface area contributed by atoms with Crippen LogP contribution in [0.2, 0.25) is 0 Å². The maximum atomic E-state index is 9.45. The first-order valence-electron chi connectivity index (χ1n) is 7.66. The van der Waals surface area contributed by atoms with E-state index in [1.807, 2.05) is 18.2 Å². The Morgan fingerprint density at radius 1 is 1.09 bits per heavy atom. The number of rotatable bonds is 3. The Labute approximate surface area is 134 Å². The van der Waals surface area contributed by atoms with Gasteiger partial charge in [-0.2, -0.15) is 0 Å². The summed E-state index contributed by atoms with van der Waals surface area (Å²) >= 11 is 0. The first-order valence-corrected chi connectivity index (χ1v) is 7.66. The molecular formula is C18H18N2O3. The number of fused-ring (bicyclic) bond motifs is 2. The Balaban J connectivity index is 1.93. The molecule has 2 heterocycles. The van der Waals surface area contributed by atoms with Crippen molar-refractivity contribution in [3.8, 4) is 22.9 Å². The van der Waals surface area contributed by atoms with E-state index < -0.39 is 0 Å². The van der Waals surface area contributed by atoms with E-state index in [0.717, 1.165) is 33.9 Å². The van der Waals surface area contributed by atoms with Crippen LogP contribution < -0.4 is 9.47 Å². The van der Waals surface area contributed by atoms with Crippen molar-refractivity contribution >= 4 is 11.0 Å². The number of aryl methyl sites for hydroxylation is 2. The van der Waals surface area contributed by atoms with Crippen molar-refractivity contribution in [3.63, 3.8) is 0 Å². The van der Waals surface area contributed by atoms with Crippen molar-refractivity contribution < 1.29 is 14.6 Å². The second-order valence-corrected chi connectivity index (χ2v) is 5.80. The molecule has 1 aliphatic heterocycles. The first kappa shape index (κ1) is 14.1. The van der Waals surface area contributed by atoms with Crippen LogP contribution in [0.4, 0.5) is 0 Å². The number of benzene rings is 2. The molecule has 0 amide bonds. The summed E-state index contributed by atoms with van der Waals surface area (Å²) < 4.78 is 12.9. The molecule has 0 bridgehead atoms. The number of hydrogen-bond donors (Lipinski definition) is 1. The van der Waals surface area contributed by atoms with Gasteiger partial charge in [0.25, 0.3) is 0 Å². The van der Waals surface area contributed by atoms with Gasteiger partial charge in [0.2, 0.25) is 6.79 Å². The summed E-state index contributed by atoms with van der Waals surface area (Å²) in [6.45, 7) is 4.99. The maximum Gasteiger partial charge on any atom is 0.231 e. The molecule has 0 aliphatic carbocycles. The van der Waals surface area contributed by atoms with Crippen molar-refractivity contribution in [2.45, 2.75) is 20.4 Å². The molecule has 0 spiro atoms. The summed E-state index contributed by atoms with van der Waals surface area (Å²) in [5, 5.41) is 9.45. The average molecular weight is 310 g/mol. The summed E-state index contributed by atoms with van der Waals surface area (Å²) in [7, 11) is 0. The van der Waals surface area contributed by atoms with Crippen molar-refractivity contribution in [3.05, 3.63) is 41.5 Å². The van der Waals surface area contributed by atoms with E-state index in [0.29, 0.717) is 6.54 Å². The predicted molar refractivity (Wildman–Crippen MR) is 87.9 cm³/mol. The zero-order chi connectivity index (χ0) is 16.0. The molecule has 4 rings (SSSR count). The number of aliphatic hydroxyl groups is 1. The predicted octanol–water partition coefficient (Wildman–Crippen LogP) is 3.04. The molecule has 1 N–H and O–H groups in total. The maximum absolute atomic E-state index is 9.45. The Morgan fingerprint density at radius 2 is 1.87 bits per heavy atom. The van der Waals surface area contributed by atoms with E-state index in [9.17, 15) is 5.11 Å². The van der Waals surface area contributed by atoms with Crippen LogP contribution >= 0.6 is 0 Å². The van der Waals surface area contributed by atoms with E-state index >= 15 is 0 Å². The van der Waals surface area contributed by atoms with E-state index in [1.165, 1.54) is 11.1 Å². The molecule has 118 valence electrons. The van der Waals surface area contributed by atoms with Gasteiger partial charge in [-0.05, 0) is 55.3 Å². The van der Waals surface area contributed by atoms with Gasteiger partial charge in [-0.3, -0.25) is 0 Å². The van der Waals surface area contributed by atoms with Gasteiger partial charge >= 0.3 is 0 Å². The zero-order valence-electron chi connectivity index (χ0n) is 13.2. The van der Waals surface area contributed by atoms with E-state index in [-0.39, 0.29) is 13.4 Å². The number of hydrogen-bond acceptors (Lipinski definition) is 4. The quantitative estimate of drug-likeness (QED) is 0.808. The molecule has 0 atom stereocenters. The Kier molecular flexibility index (Phi) is 3.23. The molecule has 5 heteroatoms. The SMILES string of the molecule is Cc1cc2nc(-c3ccc4c(c3)OCO4)n(CCO)c2cc1C. The van der Waals surface area contributed by atoms with Crippen LogP contribution in [-0.4, -0.2) is 28.1 Å². The van der Waals surface area contributed by atoms with Crippen LogP contribution in [-0.2, 0) is 6.54 Å². The second kappa shape index (κ2) is 5.28. The number of imidazole rings is 1. The molecular weight excluding hydrogens is 292 g/mol. The van der Waals surface area contributed by atoms with Crippen molar-refractivity contribution in [1.29, 1.82) is 0 Å². The lowest BCUT2D eigenvalue weighted by Crippen LogP contribution is -2.04. The van der Waals surface area contributed by atoms with Gasteiger partial charge in [-0.15, -0.1) is 0 Å². The Morgan fingerprint density at radius 3 is 2.70 bits per heavy atom. The number of ether oxygens (including phenoxy) is 2. The fourth-order valence-electron chi connectivity index (χ4n) is 2.96. The summed E-state index contributed by atoms with van der Waals surface area (Å²) in [6.07, 6.45) is 0. The summed E-state index contributed by atoms with van der Waals surface area (Å²) in [5.74, 6) is 2.32. The van der Waals surface area contributed by atoms with E-state index in [1.54, 1.807) is 0 Å². The lowest BCUT2D eigenvalue weighted by atomic mass is 10.1. The number of aliphatic hydroxyl groups excluding tert-OH is 1. The molecule has 0 saturated heterocycles. The van der Waals surface area contributed by atoms with Gasteiger partial charge in [0.05, 0.1) is 17.6 Å². The van der Waals surface area contributed by atoms with Crippen LogP contribution in [0, 0.1) is 13.8 Å². The molecule has 23 heavy (non-hydrogen) atoms. The summed E-state index contributed by atoms with van der Waals surface area (Å²) in [5.41, 5.74) is 5.36. The molecule has 0 radical (unpaired) electrons. The largest absolute Gasteiger partial charge is 0.454 e. The highest BCUT2D eigenvalue weighted by molar-refractivity contribution is 5.82. The molecule has 5 nitrogen and oxygen atoms in total. The van der Waals surface area contributed by atoms with Gasteiger partial charge in [-0.25, -0.2) is 4.98 Å². The minimum atomic E-state index is 0.0654. The highest BCUT2D eigenvalue weighted by Crippen LogP contribution is 2.36. The monoisotopic (exact) mass is 310 g/mol. The molecule has 0 unspecified atom stereocenters. The average Bonchev–Trinajstić information content (AvgIpc) is 3.13. The van der Waals surface area contributed by atoms with Gasteiger partial charge in [-0.1, -0.05) is 0 Å². The van der Waals surface area contributed by atoms with Crippen LogP contribution in [0.1, 0.15) is 11.1 Å². The Hall–Kier alpha value is -2.53. The van der Waals surface area contributed by atoms with Crippen molar-refractivity contribution in [2.75, 3.05) is 13.4 Å². The third-order valence-corrected chi connectivity index (χ3v) is 4.32. The third kappa shape index (κ3) is 2.24. The number of aromatic nitrogens is 2. The molecule has 2 aromatic carbocycles. The molecule has 0 saturated carbocycles. The highest BCUT2D eigenvalue weighted by atomic mass is 16.7. The normalized spacial score (nSPS) is 13.0.